The van der Waals surface area contributed by atoms with E-state index >= 15 is 0 Å². The normalized spacial score (nSPS) is 28.3. The Balaban J connectivity index is 1.66. The van der Waals surface area contributed by atoms with Crippen LogP contribution in [-0.4, -0.2) is 30.1 Å². The molecule has 2 unspecified atom stereocenters. The van der Waals surface area contributed by atoms with Crippen LogP contribution in [0.5, 0.6) is 0 Å². The van der Waals surface area contributed by atoms with Crippen LogP contribution in [0, 0.1) is 0 Å². The van der Waals surface area contributed by atoms with Crippen molar-refractivity contribution in [1.82, 2.24) is 10.2 Å². The van der Waals surface area contributed by atoms with E-state index in [4.69, 9.17) is 11.6 Å². The van der Waals surface area contributed by atoms with Gasteiger partial charge in [0.2, 0.25) is 0 Å². The summed E-state index contributed by atoms with van der Waals surface area (Å²) in [5, 5.41) is 4.52. The molecule has 0 saturated carbocycles. The molecule has 2 atom stereocenters. The number of halogens is 2. The number of benzene rings is 1. The van der Waals surface area contributed by atoms with Crippen LogP contribution in [-0.2, 0) is 6.54 Å². The lowest BCUT2D eigenvalue weighted by atomic mass is 10.1. The van der Waals surface area contributed by atoms with Gasteiger partial charge in [0.1, 0.15) is 0 Å². The van der Waals surface area contributed by atoms with E-state index in [-0.39, 0.29) is 0 Å². The number of hydrogen-bond donors (Lipinski definition) is 1. The van der Waals surface area contributed by atoms with Crippen LogP contribution < -0.4 is 5.32 Å². The van der Waals surface area contributed by atoms with Gasteiger partial charge >= 0.3 is 0 Å². The van der Waals surface area contributed by atoms with E-state index in [1.54, 1.807) is 0 Å². The lowest BCUT2D eigenvalue weighted by molar-refractivity contribution is 0.251. The molecule has 2 fully saturated rings. The van der Waals surface area contributed by atoms with Gasteiger partial charge in [0.25, 0.3) is 0 Å². The van der Waals surface area contributed by atoms with Crippen LogP contribution in [0.3, 0.4) is 0 Å². The quantitative estimate of drug-likeness (QED) is 0.894. The Labute approximate surface area is 122 Å². The van der Waals surface area contributed by atoms with Crippen molar-refractivity contribution in [2.24, 2.45) is 0 Å². The zero-order valence-electron chi connectivity index (χ0n) is 10.3. The van der Waals surface area contributed by atoms with E-state index in [9.17, 15) is 0 Å². The molecule has 1 aromatic carbocycles. The smallest absolute Gasteiger partial charge is 0.0551 e. The third-order valence-corrected chi connectivity index (χ3v) is 5.23. The Kier molecular flexibility index (Phi) is 3.94. The van der Waals surface area contributed by atoms with Gasteiger partial charge in [-0.25, -0.2) is 0 Å². The van der Waals surface area contributed by atoms with E-state index in [2.05, 4.69) is 38.3 Å². The van der Waals surface area contributed by atoms with Crippen molar-refractivity contribution >= 4 is 27.5 Å². The third-order valence-electron chi connectivity index (χ3n) is 4.00. The Hall–Kier alpha value is -0.0900. The fourth-order valence-electron chi connectivity index (χ4n) is 3.06. The standard InChI is InChI=1S/C14H18BrClN2/c15-13-4-1-10(7-14(13)16)8-18-6-5-11-2-3-12(9-18)17-11/h1,4,7,11-12,17H,2-3,5-6,8-9H2. The molecule has 0 aromatic heterocycles. The molecule has 1 aromatic rings. The van der Waals surface area contributed by atoms with Gasteiger partial charge in [-0.2, -0.15) is 0 Å². The number of rotatable bonds is 2. The highest BCUT2D eigenvalue weighted by molar-refractivity contribution is 9.10. The lowest BCUT2D eigenvalue weighted by Gasteiger charge is -2.24. The highest BCUT2D eigenvalue weighted by atomic mass is 79.9. The molecule has 3 rings (SSSR count). The minimum atomic E-state index is 0.698. The van der Waals surface area contributed by atoms with Crippen LogP contribution in [0.4, 0.5) is 0 Å². The summed E-state index contributed by atoms with van der Waals surface area (Å²) in [6, 6.07) is 7.73. The molecule has 18 heavy (non-hydrogen) atoms. The predicted molar refractivity (Wildman–Crippen MR) is 79.0 cm³/mol. The van der Waals surface area contributed by atoms with E-state index < -0.39 is 0 Å². The summed E-state index contributed by atoms with van der Waals surface area (Å²) in [6.45, 7) is 3.38. The van der Waals surface area contributed by atoms with Gasteiger partial charge in [-0.05, 0) is 52.9 Å². The molecule has 2 saturated heterocycles. The molecular formula is C14H18BrClN2. The molecule has 2 bridgehead atoms. The summed E-state index contributed by atoms with van der Waals surface area (Å²) < 4.78 is 0.976. The molecular weight excluding hydrogens is 312 g/mol. The largest absolute Gasteiger partial charge is 0.310 e. The zero-order valence-corrected chi connectivity index (χ0v) is 12.7. The molecule has 98 valence electrons. The molecule has 2 aliphatic heterocycles. The number of nitrogens with one attached hydrogen (secondary N) is 1. The second-order valence-corrected chi connectivity index (χ2v) is 6.67. The Morgan fingerprint density at radius 3 is 2.94 bits per heavy atom. The summed E-state index contributed by atoms with van der Waals surface area (Å²) in [6.07, 6.45) is 3.98. The van der Waals surface area contributed by atoms with E-state index in [0.29, 0.717) is 6.04 Å². The zero-order chi connectivity index (χ0) is 12.5. The molecule has 1 N–H and O–H groups in total. The van der Waals surface area contributed by atoms with Crippen molar-refractivity contribution in [2.45, 2.75) is 37.9 Å². The average molecular weight is 330 g/mol. The summed E-state index contributed by atoms with van der Waals surface area (Å²) >= 11 is 9.59. The van der Waals surface area contributed by atoms with Crippen LogP contribution in [0.25, 0.3) is 0 Å². The van der Waals surface area contributed by atoms with Crippen LogP contribution in [0.2, 0.25) is 5.02 Å². The fourth-order valence-corrected chi connectivity index (χ4v) is 3.50. The minimum Gasteiger partial charge on any atom is -0.310 e. The SMILES string of the molecule is Clc1cc(CN2CCC3CCC(C2)N3)ccc1Br. The predicted octanol–water partition coefficient (Wildman–Crippen LogP) is 3.43. The van der Waals surface area contributed by atoms with Crippen molar-refractivity contribution in [3.8, 4) is 0 Å². The second kappa shape index (κ2) is 5.49. The monoisotopic (exact) mass is 328 g/mol. The van der Waals surface area contributed by atoms with Crippen molar-refractivity contribution in [1.29, 1.82) is 0 Å². The Morgan fingerprint density at radius 2 is 2.11 bits per heavy atom. The topological polar surface area (TPSA) is 15.3 Å². The summed E-state index contributed by atoms with van der Waals surface area (Å²) in [7, 11) is 0. The lowest BCUT2D eigenvalue weighted by Crippen LogP contribution is -2.34. The first kappa shape index (κ1) is 12.9. The summed E-state index contributed by atoms with van der Waals surface area (Å²) in [5.41, 5.74) is 1.31. The summed E-state index contributed by atoms with van der Waals surface area (Å²) in [4.78, 5) is 2.55. The average Bonchev–Trinajstić information content (AvgIpc) is 2.68. The maximum absolute atomic E-state index is 6.15. The molecule has 2 heterocycles. The molecule has 0 radical (unpaired) electrons. The number of likely N-dealkylation sites (tertiary alicyclic amines) is 1. The minimum absolute atomic E-state index is 0.698. The highest BCUT2D eigenvalue weighted by Crippen LogP contribution is 2.25. The number of hydrogen-bond acceptors (Lipinski definition) is 2. The van der Waals surface area contributed by atoms with Gasteiger partial charge in [0.05, 0.1) is 5.02 Å². The van der Waals surface area contributed by atoms with Crippen LogP contribution in [0.15, 0.2) is 22.7 Å². The number of nitrogens with zero attached hydrogens (tertiary/aromatic N) is 1. The van der Waals surface area contributed by atoms with E-state index in [0.717, 1.165) is 22.1 Å². The van der Waals surface area contributed by atoms with Crippen LogP contribution >= 0.6 is 27.5 Å². The van der Waals surface area contributed by atoms with Crippen molar-refractivity contribution in [2.75, 3.05) is 13.1 Å². The first-order valence-corrected chi connectivity index (χ1v) is 7.80. The Morgan fingerprint density at radius 1 is 1.28 bits per heavy atom. The second-order valence-electron chi connectivity index (χ2n) is 5.41. The van der Waals surface area contributed by atoms with Gasteiger partial charge in [0.15, 0.2) is 0 Å². The van der Waals surface area contributed by atoms with Gasteiger partial charge in [0, 0.05) is 36.2 Å². The molecule has 0 spiro atoms. The van der Waals surface area contributed by atoms with Crippen molar-refractivity contribution < 1.29 is 0 Å². The molecule has 2 aliphatic rings. The molecule has 0 amide bonds. The van der Waals surface area contributed by atoms with Gasteiger partial charge < -0.3 is 5.32 Å². The third kappa shape index (κ3) is 2.90. The number of fused-ring (bicyclic) bond motifs is 2. The van der Waals surface area contributed by atoms with Crippen molar-refractivity contribution in [3.05, 3.63) is 33.3 Å². The van der Waals surface area contributed by atoms with E-state index in [1.165, 1.54) is 37.9 Å². The van der Waals surface area contributed by atoms with Gasteiger partial charge in [-0.15, -0.1) is 0 Å². The highest BCUT2D eigenvalue weighted by Gasteiger charge is 2.28. The fraction of sp³-hybridized carbons (Fsp3) is 0.571. The first-order chi connectivity index (χ1) is 8.70. The maximum atomic E-state index is 6.15. The van der Waals surface area contributed by atoms with Gasteiger partial charge in [-0.1, -0.05) is 17.7 Å². The Bertz CT molecular complexity index is 438. The van der Waals surface area contributed by atoms with Crippen LogP contribution in [0.1, 0.15) is 24.8 Å². The first-order valence-electron chi connectivity index (χ1n) is 6.63. The molecule has 2 nitrogen and oxygen atoms in total. The molecule has 0 aliphatic carbocycles. The molecule has 4 heteroatoms. The summed E-state index contributed by atoms with van der Waals surface area (Å²) in [5.74, 6) is 0. The maximum Gasteiger partial charge on any atom is 0.0551 e. The van der Waals surface area contributed by atoms with Crippen molar-refractivity contribution in [3.63, 3.8) is 0 Å². The van der Waals surface area contributed by atoms with E-state index in [1.807, 2.05) is 6.07 Å². The van der Waals surface area contributed by atoms with Gasteiger partial charge in [-0.3, -0.25) is 4.90 Å².